The molecule has 2 heterocycles. The maximum absolute atomic E-state index is 13.1. The molecule has 0 unspecified atom stereocenters. The third-order valence-corrected chi connectivity index (χ3v) is 5.60. The Bertz CT molecular complexity index is 1560. The summed E-state index contributed by atoms with van der Waals surface area (Å²) >= 11 is 6.09. The Labute approximate surface area is 193 Å². The van der Waals surface area contributed by atoms with Gasteiger partial charge in [-0.1, -0.05) is 54.1 Å². The number of anilines is 1. The number of amides is 1. The van der Waals surface area contributed by atoms with Gasteiger partial charge in [-0.15, -0.1) is 0 Å². The number of ether oxygens (including phenoxy) is 1. The first kappa shape index (κ1) is 20.8. The number of aromatic nitrogens is 3. The first-order valence-corrected chi connectivity index (χ1v) is 10.6. The Morgan fingerprint density at radius 3 is 2.48 bits per heavy atom. The van der Waals surface area contributed by atoms with Crippen molar-refractivity contribution in [2.24, 2.45) is 0 Å². The molecule has 8 heteroatoms. The third-order valence-electron chi connectivity index (χ3n) is 5.36. The normalized spacial score (nSPS) is 11.1. The molecule has 2 aromatic heterocycles. The number of imidazole rings is 1. The van der Waals surface area contributed by atoms with Gasteiger partial charge in [0.15, 0.2) is 0 Å². The van der Waals surface area contributed by atoms with Gasteiger partial charge in [0.1, 0.15) is 12.3 Å². The number of hydrogen-bond acceptors (Lipinski definition) is 4. The number of methoxy groups -OCH3 is 1. The number of fused-ring (bicyclic) bond motifs is 3. The van der Waals surface area contributed by atoms with Gasteiger partial charge in [-0.3, -0.25) is 9.59 Å². The Kier molecular flexibility index (Phi) is 5.32. The number of halogens is 1. The van der Waals surface area contributed by atoms with Crippen LogP contribution in [0.25, 0.3) is 28.1 Å². The second kappa shape index (κ2) is 8.44. The molecule has 0 saturated carbocycles. The van der Waals surface area contributed by atoms with Crippen molar-refractivity contribution in [1.82, 2.24) is 14.0 Å². The first-order valence-electron chi connectivity index (χ1n) is 10.2. The van der Waals surface area contributed by atoms with E-state index in [-0.39, 0.29) is 18.0 Å². The lowest BCUT2D eigenvalue weighted by atomic mass is 10.1. The van der Waals surface area contributed by atoms with Gasteiger partial charge in [-0.2, -0.15) is 0 Å². The van der Waals surface area contributed by atoms with Gasteiger partial charge in [-0.25, -0.2) is 9.38 Å². The molecule has 0 fully saturated rings. The highest BCUT2D eigenvalue weighted by molar-refractivity contribution is 6.31. The molecule has 0 atom stereocenters. The summed E-state index contributed by atoms with van der Waals surface area (Å²) < 4.78 is 8.57. The molecule has 164 valence electrons. The van der Waals surface area contributed by atoms with Gasteiger partial charge in [0.25, 0.3) is 5.56 Å². The maximum Gasteiger partial charge on any atom is 0.260 e. The van der Waals surface area contributed by atoms with Crippen LogP contribution in [0.15, 0.2) is 83.7 Å². The Morgan fingerprint density at radius 2 is 1.73 bits per heavy atom. The van der Waals surface area contributed by atoms with Crippen molar-refractivity contribution in [3.05, 3.63) is 94.2 Å². The predicted octanol–water partition coefficient (Wildman–Crippen LogP) is 4.62. The fourth-order valence-corrected chi connectivity index (χ4v) is 4.06. The minimum Gasteiger partial charge on any atom is -0.495 e. The molecule has 0 saturated heterocycles. The van der Waals surface area contributed by atoms with Crippen molar-refractivity contribution >= 4 is 40.0 Å². The van der Waals surface area contributed by atoms with E-state index in [0.717, 1.165) is 11.1 Å². The van der Waals surface area contributed by atoms with Gasteiger partial charge < -0.3 is 14.6 Å². The standard InChI is InChI=1S/C25H19ClN4O3/c1-33-22-12-11-17(26)13-19(22)27-23(31)15-29-20-9-5-6-10-21(20)30-24(32)14-18(28-25(29)30)16-7-3-2-4-8-16/h2-14H,15H2,1H3,(H,27,31). The molecule has 0 spiro atoms. The molecule has 7 nitrogen and oxygen atoms in total. The fourth-order valence-electron chi connectivity index (χ4n) is 3.89. The summed E-state index contributed by atoms with van der Waals surface area (Å²) in [6.45, 7) is -0.0582. The minimum atomic E-state index is -0.307. The zero-order chi connectivity index (χ0) is 22.9. The summed E-state index contributed by atoms with van der Waals surface area (Å²) in [4.78, 5) is 30.9. The van der Waals surface area contributed by atoms with Gasteiger partial charge in [0, 0.05) is 16.7 Å². The van der Waals surface area contributed by atoms with E-state index < -0.39 is 0 Å². The maximum atomic E-state index is 13.1. The van der Waals surface area contributed by atoms with E-state index in [9.17, 15) is 9.59 Å². The summed E-state index contributed by atoms with van der Waals surface area (Å²) in [6.07, 6.45) is 0. The summed E-state index contributed by atoms with van der Waals surface area (Å²) in [7, 11) is 1.52. The van der Waals surface area contributed by atoms with Crippen LogP contribution in [0.5, 0.6) is 5.75 Å². The zero-order valence-corrected chi connectivity index (χ0v) is 18.4. The molecular weight excluding hydrogens is 440 g/mol. The van der Waals surface area contributed by atoms with Crippen molar-refractivity contribution < 1.29 is 9.53 Å². The molecule has 3 aromatic carbocycles. The van der Waals surface area contributed by atoms with Gasteiger partial charge in [0.05, 0.1) is 29.5 Å². The van der Waals surface area contributed by atoms with E-state index in [0.29, 0.717) is 33.4 Å². The van der Waals surface area contributed by atoms with Crippen LogP contribution in [0.4, 0.5) is 5.69 Å². The number of carbonyl (C=O) groups excluding carboxylic acids is 1. The van der Waals surface area contributed by atoms with Crippen LogP contribution in [-0.2, 0) is 11.3 Å². The van der Waals surface area contributed by atoms with Crippen LogP contribution in [0.1, 0.15) is 0 Å². The lowest BCUT2D eigenvalue weighted by molar-refractivity contribution is -0.116. The highest BCUT2D eigenvalue weighted by Crippen LogP contribution is 2.28. The number of rotatable bonds is 5. The van der Waals surface area contributed by atoms with Crippen LogP contribution in [-0.4, -0.2) is 27.0 Å². The lowest BCUT2D eigenvalue weighted by Crippen LogP contribution is -2.21. The molecule has 0 radical (unpaired) electrons. The molecule has 1 N–H and O–H groups in total. The second-order valence-corrected chi connectivity index (χ2v) is 7.89. The number of hydrogen-bond donors (Lipinski definition) is 1. The number of nitrogens with one attached hydrogen (secondary N) is 1. The minimum absolute atomic E-state index is 0.0582. The molecule has 0 aliphatic heterocycles. The average molecular weight is 459 g/mol. The monoisotopic (exact) mass is 458 g/mol. The Balaban J connectivity index is 1.62. The number of para-hydroxylation sites is 2. The van der Waals surface area contributed by atoms with Crippen LogP contribution in [0.2, 0.25) is 5.02 Å². The van der Waals surface area contributed by atoms with E-state index in [1.54, 1.807) is 22.8 Å². The van der Waals surface area contributed by atoms with Crippen molar-refractivity contribution in [2.45, 2.75) is 6.54 Å². The highest BCUT2D eigenvalue weighted by Gasteiger charge is 2.18. The van der Waals surface area contributed by atoms with E-state index >= 15 is 0 Å². The quantitative estimate of drug-likeness (QED) is 0.417. The van der Waals surface area contributed by atoms with E-state index in [4.69, 9.17) is 21.3 Å². The van der Waals surface area contributed by atoms with Crippen LogP contribution in [0, 0.1) is 0 Å². The predicted molar refractivity (Wildman–Crippen MR) is 129 cm³/mol. The highest BCUT2D eigenvalue weighted by atomic mass is 35.5. The molecular formula is C25H19ClN4O3. The molecule has 0 bridgehead atoms. The van der Waals surface area contributed by atoms with Crippen molar-refractivity contribution in [3.63, 3.8) is 0 Å². The topological polar surface area (TPSA) is 77.6 Å². The lowest BCUT2D eigenvalue weighted by Gasteiger charge is -2.12. The van der Waals surface area contributed by atoms with Crippen molar-refractivity contribution in [2.75, 3.05) is 12.4 Å². The summed E-state index contributed by atoms with van der Waals surface area (Å²) in [5.41, 5.74) is 3.01. The smallest absolute Gasteiger partial charge is 0.260 e. The van der Waals surface area contributed by atoms with Crippen LogP contribution in [0.3, 0.4) is 0 Å². The van der Waals surface area contributed by atoms with E-state index in [2.05, 4.69) is 5.32 Å². The van der Waals surface area contributed by atoms with Gasteiger partial charge >= 0.3 is 0 Å². The SMILES string of the molecule is COc1ccc(Cl)cc1NC(=O)Cn1c2ccccc2n2c(=O)cc(-c3ccccc3)nc12. The van der Waals surface area contributed by atoms with E-state index in [1.165, 1.54) is 17.6 Å². The molecule has 1 amide bonds. The number of benzene rings is 3. The van der Waals surface area contributed by atoms with Gasteiger partial charge in [-0.05, 0) is 30.3 Å². The Hall–Kier alpha value is -4.10. The zero-order valence-electron chi connectivity index (χ0n) is 17.7. The first-order chi connectivity index (χ1) is 16.0. The average Bonchev–Trinajstić information content (AvgIpc) is 3.14. The second-order valence-electron chi connectivity index (χ2n) is 7.45. The van der Waals surface area contributed by atoms with Crippen LogP contribution < -0.4 is 15.6 Å². The molecule has 5 aromatic rings. The summed E-state index contributed by atoms with van der Waals surface area (Å²) in [5, 5.41) is 3.32. The van der Waals surface area contributed by atoms with E-state index in [1.807, 2.05) is 54.6 Å². The fraction of sp³-hybridized carbons (Fsp3) is 0.0800. The number of nitrogens with zero attached hydrogens (tertiary/aromatic N) is 3. The Morgan fingerprint density at radius 1 is 1.00 bits per heavy atom. The third kappa shape index (κ3) is 3.83. The molecule has 5 rings (SSSR count). The van der Waals surface area contributed by atoms with Crippen LogP contribution >= 0.6 is 11.6 Å². The summed E-state index contributed by atoms with van der Waals surface area (Å²) in [6, 6.07) is 23.4. The van der Waals surface area contributed by atoms with Crippen molar-refractivity contribution in [3.8, 4) is 17.0 Å². The molecule has 0 aliphatic carbocycles. The number of carbonyl (C=O) groups is 1. The summed E-state index contributed by atoms with van der Waals surface area (Å²) in [5.74, 6) is 0.574. The molecule has 33 heavy (non-hydrogen) atoms. The van der Waals surface area contributed by atoms with Gasteiger partial charge in [0.2, 0.25) is 11.7 Å². The van der Waals surface area contributed by atoms with Crippen molar-refractivity contribution in [1.29, 1.82) is 0 Å². The molecule has 0 aliphatic rings. The largest absolute Gasteiger partial charge is 0.495 e.